The Balaban J connectivity index is 4.30. The van der Waals surface area contributed by atoms with E-state index in [4.69, 9.17) is 28.4 Å². The van der Waals surface area contributed by atoms with Crippen LogP contribution in [-0.4, -0.2) is 60.0 Å². The molecule has 0 spiro atoms. The molecule has 0 aromatic carbocycles. The van der Waals surface area contributed by atoms with Crippen molar-refractivity contribution in [3.63, 3.8) is 0 Å². The lowest BCUT2D eigenvalue weighted by Gasteiger charge is -2.30. The van der Waals surface area contributed by atoms with Gasteiger partial charge in [0.05, 0.1) is 6.10 Å². The third-order valence-electron chi connectivity index (χ3n) is 5.78. The van der Waals surface area contributed by atoms with Gasteiger partial charge in [-0.05, 0) is 17.2 Å². The topological polar surface area (TPSA) is 55.4 Å². The average molecular weight is 552 g/mol. The first-order valence-corrected chi connectivity index (χ1v) is 13.8. The quantitative estimate of drug-likeness (QED) is 0.0690. The third kappa shape index (κ3) is 20.0. The normalized spacial score (nSPS) is 14.1. The lowest BCUT2D eigenvalue weighted by atomic mass is 10.00. The molecule has 7 heteroatoms. The largest absolute Gasteiger partial charge is 0.359 e. The molecule has 0 aromatic rings. The van der Waals surface area contributed by atoms with Crippen molar-refractivity contribution in [1.82, 2.24) is 0 Å². The van der Waals surface area contributed by atoms with Gasteiger partial charge < -0.3 is 28.4 Å². The molecule has 202 valence electrons. The van der Waals surface area contributed by atoms with Crippen LogP contribution in [0.2, 0.25) is 0 Å². The summed E-state index contributed by atoms with van der Waals surface area (Å²) in [6, 6.07) is 0. The standard InChI is InChI=1S/C27H51BrO6/c1-24(2)17-15-13-11-9-7-6-8-10-12-14-16-18-25(32-21-29-3)27(34-23-31-5)26(19-20-28)33-22-30-4/h24-27H,6-18,21-23H2,1-5H3/t25-,26+,27+/m0/s1. The minimum absolute atomic E-state index is 0.119. The summed E-state index contributed by atoms with van der Waals surface area (Å²) in [5.41, 5.74) is 0. The summed E-state index contributed by atoms with van der Waals surface area (Å²) in [5.74, 6) is 3.84. The Morgan fingerprint density at radius 1 is 0.588 bits per heavy atom. The molecule has 0 saturated carbocycles. The highest BCUT2D eigenvalue weighted by Gasteiger charge is 2.31. The molecule has 6 nitrogen and oxygen atoms in total. The Morgan fingerprint density at radius 2 is 1.03 bits per heavy atom. The number of ether oxygens (including phenoxy) is 6. The predicted molar refractivity (Wildman–Crippen MR) is 142 cm³/mol. The Hall–Kier alpha value is -0.200. The predicted octanol–water partition coefficient (Wildman–Crippen LogP) is 7.04. The highest BCUT2D eigenvalue weighted by molar-refractivity contribution is 9.12. The van der Waals surface area contributed by atoms with Crippen LogP contribution in [-0.2, 0) is 28.4 Å². The maximum atomic E-state index is 5.96. The zero-order chi connectivity index (χ0) is 25.3. The van der Waals surface area contributed by atoms with Crippen LogP contribution in [0.5, 0.6) is 0 Å². The second-order valence-corrected chi connectivity index (χ2v) is 9.64. The van der Waals surface area contributed by atoms with Gasteiger partial charge >= 0.3 is 0 Å². The van der Waals surface area contributed by atoms with Crippen LogP contribution >= 0.6 is 15.9 Å². The fourth-order valence-corrected chi connectivity index (χ4v) is 4.16. The lowest BCUT2D eigenvalue weighted by Crippen LogP contribution is -2.43. The molecule has 0 fully saturated rings. The van der Waals surface area contributed by atoms with E-state index in [1.807, 2.05) is 0 Å². The third-order valence-corrected chi connectivity index (χ3v) is 6.00. The van der Waals surface area contributed by atoms with E-state index in [1.54, 1.807) is 21.3 Å². The van der Waals surface area contributed by atoms with Gasteiger partial charge in [-0.15, -0.1) is 0 Å². The van der Waals surface area contributed by atoms with Crippen LogP contribution in [0.3, 0.4) is 0 Å². The monoisotopic (exact) mass is 550 g/mol. The van der Waals surface area contributed by atoms with Gasteiger partial charge in [-0.2, -0.15) is 0 Å². The van der Waals surface area contributed by atoms with Crippen molar-refractivity contribution in [2.45, 2.75) is 116 Å². The van der Waals surface area contributed by atoms with Gasteiger partial charge in [0, 0.05) is 37.3 Å². The van der Waals surface area contributed by atoms with Crippen LogP contribution in [0, 0.1) is 16.7 Å². The summed E-state index contributed by atoms with van der Waals surface area (Å²) >= 11 is 3.17. The summed E-state index contributed by atoms with van der Waals surface area (Å²) < 4.78 is 33.0. The zero-order valence-corrected chi connectivity index (χ0v) is 24.0. The molecule has 0 saturated heterocycles. The summed E-state index contributed by atoms with van der Waals surface area (Å²) in [5, 5.41) is 0. The molecule has 3 atom stereocenters. The van der Waals surface area contributed by atoms with E-state index in [0.717, 1.165) is 18.8 Å². The van der Waals surface area contributed by atoms with Crippen molar-refractivity contribution in [3.05, 3.63) is 0 Å². The second-order valence-electron chi connectivity index (χ2n) is 9.24. The molecular formula is C27H51BrO6. The fraction of sp³-hybridized carbons (Fsp3) is 0.926. The molecule has 34 heavy (non-hydrogen) atoms. The van der Waals surface area contributed by atoms with E-state index in [-0.39, 0.29) is 26.5 Å². The van der Waals surface area contributed by atoms with Crippen molar-refractivity contribution < 1.29 is 28.4 Å². The lowest BCUT2D eigenvalue weighted by molar-refractivity contribution is -0.197. The highest BCUT2D eigenvalue weighted by atomic mass is 79.9. The van der Waals surface area contributed by atoms with Crippen LogP contribution < -0.4 is 0 Å². The summed E-state index contributed by atoms with van der Waals surface area (Å²) in [4.78, 5) is 2.74. The first kappa shape index (κ1) is 33.8. The van der Waals surface area contributed by atoms with Gasteiger partial charge in [-0.3, -0.25) is 0 Å². The number of hydrogen-bond donors (Lipinski definition) is 0. The van der Waals surface area contributed by atoms with Crippen molar-refractivity contribution in [1.29, 1.82) is 0 Å². The number of rotatable bonds is 25. The fourth-order valence-electron chi connectivity index (χ4n) is 3.94. The molecule has 0 bridgehead atoms. The van der Waals surface area contributed by atoms with Crippen LogP contribution in [0.4, 0.5) is 0 Å². The van der Waals surface area contributed by atoms with Gasteiger partial charge in [-0.1, -0.05) is 96.8 Å². The van der Waals surface area contributed by atoms with E-state index in [1.165, 1.54) is 70.6 Å². The molecule has 0 heterocycles. The van der Waals surface area contributed by atoms with E-state index < -0.39 is 12.2 Å². The Bertz CT molecular complexity index is 479. The van der Waals surface area contributed by atoms with E-state index in [0.29, 0.717) is 0 Å². The van der Waals surface area contributed by atoms with Crippen molar-refractivity contribution >= 4 is 15.9 Å². The Kier molecular flexibility index (Phi) is 25.7. The van der Waals surface area contributed by atoms with Gasteiger partial charge in [0.2, 0.25) is 0 Å². The zero-order valence-electron chi connectivity index (χ0n) is 22.5. The van der Waals surface area contributed by atoms with Crippen LogP contribution in [0.1, 0.15) is 97.3 Å². The molecule has 0 unspecified atom stereocenters. The first-order valence-electron chi connectivity index (χ1n) is 13.0. The number of hydrogen-bond acceptors (Lipinski definition) is 6. The number of methoxy groups -OCH3 is 3. The average Bonchev–Trinajstić information content (AvgIpc) is 2.82. The van der Waals surface area contributed by atoms with E-state index >= 15 is 0 Å². The van der Waals surface area contributed by atoms with Gasteiger partial charge in [0.25, 0.3) is 0 Å². The minimum atomic E-state index is -0.512. The molecule has 0 N–H and O–H groups in total. The molecule has 0 aliphatic carbocycles. The molecule has 0 aromatic heterocycles. The second kappa shape index (κ2) is 25.9. The molecule has 0 aliphatic heterocycles. The first-order chi connectivity index (χ1) is 16.6. The smallest absolute Gasteiger partial charge is 0.150 e. The highest BCUT2D eigenvalue weighted by Crippen LogP contribution is 2.20. The van der Waals surface area contributed by atoms with Gasteiger partial charge in [0.15, 0.2) is 6.10 Å². The SMILES string of the molecule is COCO[C@H]([C@H](CCCCCCCCCCCCCC(C)C)OCOC)[C@@H](C#CBr)OCOC. The maximum Gasteiger partial charge on any atom is 0.150 e. The van der Waals surface area contributed by atoms with E-state index in [9.17, 15) is 0 Å². The minimum Gasteiger partial charge on any atom is -0.359 e. The Labute approximate surface area is 218 Å². The van der Waals surface area contributed by atoms with Gasteiger partial charge in [-0.25, -0.2) is 0 Å². The molecular weight excluding hydrogens is 500 g/mol. The maximum absolute atomic E-state index is 5.96. The van der Waals surface area contributed by atoms with Crippen LogP contribution in [0.15, 0.2) is 0 Å². The molecule has 0 rings (SSSR count). The Morgan fingerprint density at radius 3 is 1.50 bits per heavy atom. The molecule has 0 radical (unpaired) electrons. The summed E-state index contributed by atoms with van der Waals surface area (Å²) in [7, 11) is 4.79. The van der Waals surface area contributed by atoms with E-state index in [2.05, 4.69) is 40.5 Å². The summed E-state index contributed by atoms with van der Waals surface area (Å²) in [6.07, 6.45) is 15.5. The van der Waals surface area contributed by atoms with Crippen LogP contribution in [0.25, 0.3) is 0 Å². The van der Waals surface area contributed by atoms with Gasteiger partial charge in [0.1, 0.15) is 26.5 Å². The van der Waals surface area contributed by atoms with Crippen molar-refractivity contribution in [3.8, 4) is 10.8 Å². The number of halogens is 1. The molecule has 0 aliphatic rings. The number of unbranched alkanes of at least 4 members (excludes halogenated alkanes) is 10. The van der Waals surface area contributed by atoms with Crippen molar-refractivity contribution in [2.24, 2.45) is 5.92 Å². The summed E-state index contributed by atoms with van der Waals surface area (Å²) in [6.45, 7) is 5.07. The molecule has 0 amide bonds. The van der Waals surface area contributed by atoms with Crippen molar-refractivity contribution in [2.75, 3.05) is 41.7 Å².